The lowest BCUT2D eigenvalue weighted by Gasteiger charge is -2.27. The summed E-state index contributed by atoms with van der Waals surface area (Å²) in [5.74, 6) is 1.01. The third kappa shape index (κ3) is 3.81. The Bertz CT molecular complexity index is 809. The number of thiophene rings is 1. The van der Waals surface area contributed by atoms with Crippen LogP contribution in [0.4, 0.5) is 0 Å². The van der Waals surface area contributed by atoms with Crippen molar-refractivity contribution in [3.63, 3.8) is 0 Å². The molecule has 0 aliphatic carbocycles. The third-order valence-electron chi connectivity index (χ3n) is 5.89. The van der Waals surface area contributed by atoms with Crippen molar-refractivity contribution in [3.05, 3.63) is 38.4 Å². The van der Waals surface area contributed by atoms with Gasteiger partial charge in [0.1, 0.15) is 5.76 Å². The van der Waals surface area contributed by atoms with E-state index in [9.17, 15) is 4.79 Å². The van der Waals surface area contributed by atoms with Crippen LogP contribution >= 0.6 is 11.3 Å². The van der Waals surface area contributed by atoms with Crippen LogP contribution in [0.2, 0.25) is 0 Å². The number of hydrogen-bond donors (Lipinski definition) is 1. The van der Waals surface area contributed by atoms with E-state index in [1.165, 1.54) is 16.0 Å². The SMILES string of the molecule is CCN1CC[C@@H](NC(=O)c2csc3c2CCN(Cc2c(C)noc2C)C3)C1. The van der Waals surface area contributed by atoms with Crippen molar-refractivity contribution in [2.45, 2.75) is 52.7 Å². The minimum atomic E-state index is 0.106. The lowest BCUT2D eigenvalue weighted by molar-refractivity contribution is 0.0936. The molecule has 0 radical (unpaired) electrons. The van der Waals surface area contributed by atoms with Crippen LogP contribution in [0.3, 0.4) is 0 Å². The van der Waals surface area contributed by atoms with Crippen LogP contribution in [0.25, 0.3) is 0 Å². The highest BCUT2D eigenvalue weighted by atomic mass is 32.1. The largest absolute Gasteiger partial charge is 0.361 e. The summed E-state index contributed by atoms with van der Waals surface area (Å²) in [5.41, 5.74) is 4.30. The molecule has 4 rings (SSSR count). The van der Waals surface area contributed by atoms with Crippen LogP contribution in [-0.2, 0) is 19.5 Å². The molecule has 2 aromatic heterocycles. The number of fused-ring (bicyclic) bond motifs is 1. The van der Waals surface area contributed by atoms with E-state index in [1.54, 1.807) is 11.3 Å². The average molecular weight is 389 g/mol. The predicted molar refractivity (Wildman–Crippen MR) is 106 cm³/mol. The molecule has 0 unspecified atom stereocenters. The zero-order valence-electron chi connectivity index (χ0n) is 16.4. The Kier molecular flexibility index (Phi) is 5.34. The first-order valence-electron chi connectivity index (χ1n) is 9.81. The Morgan fingerprint density at radius 1 is 1.37 bits per heavy atom. The van der Waals surface area contributed by atoms with Crippen LogP contribution in [0.5, 0.6) is 0 Å². The first kappa shape index (κ1) is 18.7. The zero-order chi connectivity index (χ0) is 19.0. The summed E-state index contributed by atoms with van der Waals surface area (Å²) in [6, 6.07) is 0.285. The van der Waals surface area contributed by atoms with Crippen molar-refractivity contribution in [2.24, 2.45) is 0 Å². The van der Waals surface area contributed by atoms with Crippen molar-refractivity contribution in [3.8, 4) is 0 Å². The molecule has 1 atom stereocenters. The second-order valence-corrected chi connectivity index (χ2v) is 8.63. The first-order chi connectivity index (χ1) is 13.0. The molecule has 4 heterocycles. The van der Waals surface area contributed by atoms with Gasteiger partial charge in [0.25, 0.3) is 5.91 Å². The van der Waals surface area contributed by atoms with Gasteiger partial charge in [-0.3, -0.25) is 9.69 Å². The minimum absolute atomic E-state index is 0.106. The van der Waals surface area contributed by atoms with Crippen LogP contribution in [-0.4, -0.2) is 53.1 Å². The molecule has 1 amide bonds. The second kappa shape index (κ2) is 7.73. The normalized spacial score (nSPS) is 20.8. The van der Waals surface area contributed by atoms with Gasteiger partial charge in [-0.15, -0.1) is 11.3 Å². The first-order valence-corrected chi connectivity index (χ1v) is 10.7. The lowest BCUT2D eigenvalue weighted by Crippen LogP contribution is -2.38. The predicted octanol–water partition coefficient (Wildman–Crippen LogP) is 2.74. The fourth-order valence-electron chi connectivity index (χ4n) is 4.16. The van der Waals surface area contributed by atoms with E-state index < -0.39 is 0 Å². The molecule has 146 valence electrons. The van der Waals surface area contributed by atoms with E-state index in [0.29, 0.717) is 0 Å². The smallest absolute Gasteiger partial charge is 0.252 e. The summed E-state index contributed by atoms with van der Waals surface area (Å²) in [6.45, 7) is 12.0. The Morgan fingerprint density at radius 3 is 2.93 bits per heavy atom. The van der Waals surface area contributed by atoms with Crippen LogP contribution in [0.1, 0.15) is 51.2 Å². The molecule has 0 saturated carbocycles. The average Bonchev–Trinajstić information content (AvgIpc) is 3.36. The Morgan fingerprint density at radius 2 is 2.22 bits per heavy atom. The van der Waals surface area contributed by atoms with Crippen LogP contribution in [0, 0.1) is 13.8 Å². The molecule has 1 saturated heterocycles. The number of aromatic nitrogens is 1. The van der Waals surface area contributed by atoms with E-state index in [4.69, 9.17) is 4.52 Å². The summed E-state index contributed by atoms with van der Waals surface area (Å²) in [5, 5.41) is 9.36. The van der Waals surface area contributed by atoms with Gasteiger partial charge in [-0.05, 0) is 38.8 Å². The molecule has 0 bridgehead atoms. The summed E-state index contributed by atoms with van der Waals surface area (Å²) in [6.07, 6.45) is 1.98. The van der Waals surface area contributed by atoms with Gasteiger partial charge in [-0.25, -0.2) is 0 Å². The molecular weight excluding hydrogens is 360 g/mol. The van der Waals surface area contributed by atoms with E-state index in [2.05, 4.69) is 27.2 Å². The number of amides is 1. The minimum Gasteiger partial charge on any atom is -0.361 e. The Balaban J connectivity index is 1.40. The molecule has 27 heavy (non-hydrogen) atoms. The zero-order valence-corrected chi connectivity index (χ0v) is 17.2. The van der Waals surface area contributed by atoms with E-state index in [0.717, 1.165) is 69.1 Å². The molecule has 1 fully saturated rings. The standard InChI is InChI=1S/C20H28N4O2S/c1-4-23-7-5-15(9-23)21-20(25)18-12-27-19-11-24(8-6-16(18)19)10-17-13(2)22-26-14(17)3/h12,15H,4-11H2,1-3H3,(H,21,25)/t15-/m1/s1. The number of nitrogens with zero attached hydrogens (tertiary/aromatic N) is 3. The molecule has 6 nitrogen and oxygen atoms in total. The van der Waals surface area contributed by atoms with Crippen molar-refractivity contribution >= 4 is 17.2 Å². The van der Waals surface area contributed by atoms with E-state index >= 15 is 0 Å². The van der Waals surface area contributed by atoms with Crippen LogP contribution in [0.15, 0.2) is 9.90 Å². The highest BCUT2D eigenvalue weighted by Gasteiger charge is 2.28. The number of likely N-dealkylation sites (N-methyl/N-ethyl adjacent to an activating group) is 1. The van der Waals surface area contributed by atoms with Gasteiger partial charge < -0.3 is 14.7 Å². The number of likely N-dealkylation sites (tertiary alicyclic amines) is 1. The van der Waals surface area contributed by atoms with Crippen LogP contribution < -0.4 is 5.32 Å². The van der Waals surface area contributed by atoms with Gasteiger partial charge in [-0.2, -0.15) is 0 Å². The molecule has 7 heteroatoms. The topological polar surface area (TPSA) is 61.6 Å². The number of aryl methyl sites for hydroxylation is 2. The van der Waals surface area contributed by atoms with Gasteiger partial charge in [0.05, 0.1) is 11.3 Å². The highest BCUT2D eigenvalue weighted by molar-refractivity contribution is 7.10. The molecular formula is C20H28N4O2S. The number of hydrogen-bond acceptors (Lipinski definition) is 6. The fourth-order valence-corrected chi connectivity index (χ4v) is 5.28. The van der Waals surface area contributed by atoms with Gasteiger partial charge in [0.15, 0.2) is 0 Å². The second-order valence-electron chi connectivity index (χ2n) is 7.67. The summed E-state index contributed by atoms with van der Waals surface area (Å²) in [7, 11) is 0. The van der Waals surface area contributed by atoms with Crippen molar-refractivity contribution < 1.29 is 9.32 Å². The van der Waals surface area contributed by atoms with Crippen molar-refractivity contribution in [1.29, 1.82) is 0 Å². The van der Waals surface area contributed by atoms with Gasteiger partial charge in [-0.1, -0.05) is 12.1 Å². The number of rotatable bonds is 5. The highest BCUT2D eigenvalue weighted by Crippen LogP contribution is 2.30. The quantitative estimate of drug-likeness (QED) is 0.853. The maximum atomic E-state index is 12.8. The summed E-state index contributed by atoms with van der Waals surface area (Å²) < 4.78 is 5.29. The van der Waals surface area contributed by atoms with E-state index in [1.807, 2.05) is 19.2 Å². The van der Waals surface area contributed by atoms with Crippen molar-refractivity contribution in [1.82, 2.24) is 20.3 Å². The molecule has 2 aliphatic heterocycles. The van der Waals surface area contributed by atoms with E-state index in [-0.39, 0.29) is 11.9 Å². The summed E-state index contributed by atoms with van der Waals surface area (Å²) >= 11 is 1.72. The molecule has 0 aromatic carbocycles. The molecule has 1 N–H and O–H groups in total. The third-order valence-corrected chi connectivity index (χ3v) is 6.90. The summed E-state index contributed by atoms with van der Waals surface area (Å²) in [4.78, 5) is 18.9. The van der Waals surface area contributed by atoms with Crippen molar-refractivity contribution in [2.75, 3.05) is 26.2 Å². The lowest BCUT2D eigenvalue weighted by atomic mass is 10.0. The van der Waals surface area contributed by atoms with Gasteiger partial charge in [0.2, 0.25) is 0 Å². The maximum absolute atomic E-state index is 12.8. The number of carbonyl (C=O) groups is 1. The molecule has 2 aromatic rings. The molecule has 0 spiro atoms. The Hall–Kier alpha value is -1.70. The van der Waals surface area contributed by atoms with Gasteiger partial charge >= 0.3 is 0 Å². The molecule has 2 aliphatic rings. The number of nitrogens with one attached hydrogen (secondary N) is 1. The number of carbonyl (C=O) groups excluding carboxylic acids is 1. The Labute approximate surface area is 164 Å². The fraction of sp³-hybridized carbons (Fsp3) is 0.600. The monoisotopic (exact) mass is 388 g/mol. The maximum Gasteiger partial charge on any atom is 0.252 e. The van der Waals surface area contributed by atoms with Gasteiger partial charge in [0, 0.05) is 54.6 Å².